The predicted octanol–water partition coefficient (Wildman–Crippen LogP) is 1.03. The van der Waals surface area contributed by atoms with E-state index in [1.165, 1.54) is 17.6 Å². The SMILES string of the molecule is COc1ccnc(NNC(=O)C2CCN(S(=O)(=O)c3ccccc3)CC2)n1. The average molecular weight is 391 g/mol. The monoisotopic (exact) mass is 391 g/mol. The van der Waals surface area contributed by atoms with Gasteiger partial charge in [-0.1, -0.05) is 18.2 Å². The Kier molecular flexibility index (Phi) is 5.87. The molecule has 10 heteroatoms. The first-order chi connectivity index (χ1) is 13.0. The Labute approximate surface area is 157 Å². The largest absolute Gasteiger partial charge is 0.481 e. The van der Waals surface area contributed by atoms with Crippen molar-refractivity contribution in [1.82, 2.24) is 19.7 Å². The minimum atomic E-state index is -3.52. The Balaban J connectivity index is 1.53. The third-order valence-electron chi connectivity index (χ3n) is 4.34. The van der Waals surface area contributed by atoms with Crippen LogP contribution in [0.1, 0.15) is 12.8 Å². The van der Waals surface area contributed by atoms with Crippen molar-refractivity contribution in [2.75, 3.05) is 25.6 Å². The highest BCUT2D eigenvalue weighted by Crippen LogP contribution is 2.23. The number of anilines is 1. The minimum Gasteiger partial charge on any atom is -0.481 e. The summed E-state index contributed by atoms with van der Waals surface area (Å²) in [5, 5.41) is 0. The number of methoxy groups -OCH3 is 1. The molecule has 0 spiro atoms. The maximum atomic E-state index is 12.6. The lowest BCUT2D eigenvalue weighted by Gasteiger charge is -2.30. The summed E-state index contributed by atoms with van der Waals surface area (Å²) in [6.07, 6.45) is 2.39. The van der Waals surface area contributed by atoms with Crippen LogP contribution < -0.4 is 15.6 Å². The van der Waals surface area contributed by atoms with E-state index in [1.807, 2.05) is 0 Å². The van der Waals surface area contributed by atoms with Crippen molar-refractivity contribution >= 4 is 21.9 Å². The number of carbonyl (C=O) groups is 1. The number of carbonyl (C=O) groups excluding carboxylic acids is 1. The zero-order valence-corrected chi connectivity index (χ0v) is 15.6. The molecule has 0 aliphatic carbocycles. The smallest absolute Gasteiger partial charge is 0.245 e. The van der Waals surface area contributed by atoms with Crippen molar-refractivity contribution in [1.29, 1.82) is 0 Å². The first-order valence-corrected chi connectivity index (χ1v) is 9.93. The van der Waals surface area contributed by atoms with E-state index in [-0.39, 0.29) is 22.7 Å². The van der Waals surface area contributed by atoms with Gasteiger partial charge in [0.05, 0.1) is 12.0 Å². The molecule has 1 aromatic heterocycles. The van der Waals surface area contributed by atoms with Gasteiger partial charge >= 0.3 is 0 Å². The number of nitrogens with one attached hydrogen (secondary N) is 2. The van der Waals surface area contributed by atoms with E-state index in [2.05, 4.69) is 20.8 Å². The number of piperidine rings is 1. The maximum Gasteiger partial charge on any atom is 0.245 e. The molecule has 1 aromatic carbocycles. The third-order valence-corrected chi connectivity index (χ3v) is 6.26. The first kappa shape index (κ1) is 19.1. The quantitative estimate of drug-likeness (QED) is 0.707. The minimum absolute atomic E-state index is 0.215. The number of benzene rings is 1. The lowest BCUT2D eigenvalue weighted by atomic mass is 9.98. The molecule has 1 saturated heterocycles. The van der Waals surface area contributed by atoms with Crippen LogP contribution in [0.15, 0.2) is 47.5 Å². The molecule has 1 aliphatic rings. The number of hydrazine groups is 1. The van der Waals surface area contributed by atoms with E-state index in [0.717, 1.165) is 0 Å². The summed E-state index contributed by atoms with van der Waals surface area (Å²) in [7, 11) is -2.03. The van der Waals surface area contributed by atoms with E-state index in [1.54, 1.807) is 36.4 Å². The van der Waals surface area contributed by atoms with Gasteiger partial charge < -0.3 is 4.74 Å². The van der Waals surface area contributed by atoms with E-state index in [9.17, 15) is 13.2 Å². The predicted molar refractivity (Wildman–Crippen MR) is 98.3 cm³/mol. The van der Waals surface area contributed by atoms with Gasteiger partial charge in [0.25, 0.3) is 0 Å². The van der Waals surface area contributed by atoms with Gasteiger partial charge in [-0.2, -0.15) is 9.29 Å². The summed E-state index contributed by atoms with van der Waals surface area (Å²) in [6.45, 7) is 0.593. The number of hydrogen-bond acceptors (Lipinski definition) is 7. The lowest BCUT2D eigenvalue weighted by Crippen LogP contribution is -2.44. The number of nitrogens with zero attached hydrogens (tertiary/aromatic N) is 3. The molecule has 0 radical (unpaired) electrons. The van der Waals surface area contributed by atoms with E-state index in [0.29, 0.717) is 31.8 Å². The van der Waals surface area contributed by atoms with Crippen LogP contribution in [-0.4, -0.2) is 48.8 Å². The molecule has 1 fully saturated rings. The van der Waals surface area contributed by atoms with Gasteiger partial charge in [0.1, 0.15) is 0 Å². The van der Waals surface area contributed by atoms with Crippen molar-refractivity contribution in [3.63, 3.8) is 0 Å². The number of sulfonamides is 1. The zero-order valence-electron chi connectivity index (χ0n) is 14.8. The van der Waals surface area contributed by atoms with Gasteiger partial charge in [-0.25, -0.2) is 13.4 Å². The second-order valence-electron chi connectivity index (χ2n) is 6.03. The maximum absolute atomic E-state index is 12.6. The van der Waals surface area contributed by atoms with Crippen LogP contribution in [0.3, 0.4) is 0 Å². The molecule has 144 valence electrons. The first-order valence-electron chi connectivity index (χ1n) is 8.49. The molecule has 0 bridgehead atoms. The molecule has 3 rings (SSSR count). The molecule has 2 aromatic rings. The molecule has 27 heavy (non-hydrogen) atoms. The van der Waals surface area contributed by atoms with Crippen LogP contribution in [0, 0.1) is 5.92 Å². The van der Waals surface area contributed by atoms with Gasteiger partial charge in [-0.15, -0.1) is 0 Å². The van der Waals surface area contributed by atoms with Crippen molar-refractivity contribution in [3.8, 4) is 5.88 Å². The van der Waals surface area contributed by atoms with E-state index >= 15 is 0 Å². The molecule has 1 aliphatic heterocycles. The molecule has 2 heterocycles. The van der Waals surface area contributed by atoms with Crippen molar-refractivity contribution in [2.24, 2.45) is 5.92 Å². The van der Waals surface area contributed by atoms with E-state index < -0.39 is 10.0 Å². The van der Waals surface area contributed by atoms with Crippen LogP contribution >= 0.6 is 0 Å². The summed E-state index contributed by atoms with van der Waals surface area (Å²) in [5.74, 6) is 0.0801. The fourth-order valence-electron chi connectivity index (χ4n) is 2.84. The number of rotatable bonds is 6. The summed E-state index contributed by atoms with van der Waals surface area (Å²) < 4.78 is 31.7. The second kappa shape index (κ2) is 8.31. The lowest BCUT2D eigenvalue weighted by molar-refractivity contribution is -0.125. The van der Waals surface area contributed by atoms with E-state index in [4.69, 9.17) is 4.74 Å². The molecule has 1 amide bonds. The third kappa shape index (κ3) is 4.52. The van der Waals surface area contributed by atoms with Crippen LogP contribution in [0.25, 0.3) is 0 Å². The number of ether oxygens (including phenoxy) is 1. The molecule has 9 nitrogen and oxygen atoms in total. The Bertz CT molecular complexity index is 883. The number of amides is 1. The van der Waals surface area contributed by atoms with Crippen molar-refractivity contribution < 1.29 is 17.9 Å². The molecule has 0 atom stereocenters. The molecule has 2 N–H and O–H groups in total. The topological polar surface area (TPSA) is 114 Å². The average Bonchev–Trinajstić information content (AvgIpc) is 2.73. The Morgan fingerprint density at radius 1 is 1.19 bits per heavy atom. The number of aromatic nitrogens is 2. The molecular weight excluding hydrogens is 370 g/mol. The standard InChI is InChI=1S/C17H21N5O4S/c1-26-15-7-10-18-17(19-15)21-20-16(23)13-8-11-22(12-9-13)27(24,25)14-5-3-2-4-6-14/h2-7,10,13H,8-9,11-12H2,1H3,(H,20,23)(H,18,19,21). The van der Waals surface area contributed by atoms with Gasteiger partial charge in [0.2, 0.25) is 27.8 Å². The summed E-state index contributed by atoms with van der Waals surface area (Å²) in [6, 6.07) is 9.90. The van der Waals surface area contributed by atoms with Crippen LogP contribution in [0.5, 0.6) is 5.88 Å². The Morgan fingerprint density at radius 3 is 2.56 bits per heavy atom. The fourth-order valence-corrected chi connectivity index (χ4v) is 4.33. The summed E-state index contributed by atoms with van der Waals surface area (Å²) >= 11 is 0. The molecule has 0 unspecified atom stereocenters. The number of hydrogen-bond donors (Lipinski definition) is 2. The van der Waals surface area contributed by atoms with Gasteiger partial charge in [-0.3, -0.25) is 15.6 Å². The van der Waals surface area contributed by atoms with Crippen LogP contribution in [0.4, 0.5) is 5.95 Å². The van der Waals surface area contributed by atoms with Gasteiger partial charge in [0.15, 0.2) is 0 Å². The Morgan fingerprint density at radius 2 is 1.89 bits per heavy atom. The summed E-state index contributed by atoms with van der Waals surface area (Å²) in [4.78, 5) is 20.6. The highest BCUT2D eigenvalue weighted by Gasteiger charge is 2.32. The van der Waals surface area contributed by atoms with Crippen molar-refractivity contribution in [2.45, 2.75) is 17.7 Å². The van der Waals surface area contributed by atoms with Gasteiger partial charge in [0, 0.05) is 31.3 Å². The second-order valence-corrected chi connectivity index (χ2v) is 7.97. The van der Waals surface area contributed by atoms with Gasteiger partial charge in [-0.05, 0) is 25.0 Å². The van der Waals surface area contributed by atoms with Crippen molar-refractivity contribution in [3.05, 3.63) is 42.6 Å². The normalized spacial score (nSPS) is 15.9. The fraction of sp³-hybridized carbons (Fsp3) is 0.353. The highest BCUT2D eigenvalue weighted by atomic mass is 32.2. The van der Waals surface area contributed by atoms with Crippen LogP contribution in [-0.2, 0) is 14.8 Å². The van der Waals surface area contributed by atoms with Crippen LogP contribution in [0.2, 0.25) is 0 Å². The zero-order chi connectivity index (χ0) is 19.3. The molecular formula is C17H21N5O4S. The molecule has 0 saturated carbocycles. The Hall–Kier alpha value is -2.72. The highest BCUT2D eigenvalue weighted by molar-refractivity contribution is 7.89. The summed E-state index contributed by atoms with van der Waals surface area (Å²) in [5.41, 5.74) is 5.22.